The predicted octanol–water partition coefficient (Wildman–Crippen LogP) is 3.68. The molecule has 6 nitrogen and oxygen atoms in total. The van der Waals surface area contributed by atoms with E-state index in [9.17, 15) is 12.8 Å². The quantitative estimate of drug-likeness (QED) is 0.368. The lowest BCUT2D eigenvalue weighted by molar-refractivity contribution is 0.0246. The van der Waals surface area contributed by atoms with Crippen molar-refractivity contribution in [1.82, 2.24) is 0 Å². The zero-order valence-electron chi connectivity index (χ0n) is 15.4. The van der Waals surface area contributed by atoms with Gasteiger partial charge in [0, 0.05) is 0 Å². The minimum atomic E-state index is -3.89. The molecule has 1 unspecified atom stereocenters. The monoisotopic (exact) mass is 395 g/mol. The molecule has 0 heterocycles. The molecule has 0 spiro atoms. The van der Waals surface area contributed by atoms with Crippen LogP contribution in [0.3, 0.4) is 0 Å². The molecule has 0 aliphatic rings. The lowest BCUT2D eigenvalue weighted by Gasteiger charge is -2.13. The summed E-state index contributed by atoms with van der Waals surface area (Å²) in [5.41, 5.74) is 1.09. The summed E-state index contributed by atoms with van der Waals surface area (Å²) in [6, 6.07) is 10.7. The van der Waals surface area contributed by atoms with Gasteiger partial charge < -0.3 is 9.57 Å². The van der Waals surface area contributed by atoms with Gasteiger partial charge in [0.15, 0.2) is 6.10 Å². The fraction of sp³-hybridized carbons (Fsp3) is 0.316. The zero-order valence-corrected chi connectivity index (χ0v) is 16.2. The molecule has 0 aromatic heterocycles. The number of nitrogens with zero attached hydrogens (tertiary/aromatic N) is 1. The molecule has 8 heteroatoms. The number of ether oxygens (including phenoxy) is 1. The molecule has 0 fully saturated rings. The maximum absolute atomic E-state index is 13.8. The number of methoxy groups -OCH3 is 1. The van der Waals surface area contributed by atoms with Crippen molar-refractivity contribution in [2.24, 2.45) is 5.16 Å². The number of hydrogen-bond acceptors (Lipinski definition) is 6. The maximum Gasteiger partial charge on any atom is 0.297 e. The number of halogens is 1. The van der Waals surface area contributed by atoms with Crippen molar-refractivity contribution in [3.05, 3.63) is 59.4 Å². The standard InChI is InChI=1S/C19H22FNO5S/c1-4-15(13-25-27(22,23)16-10-8-14(2)9-11-16)26-21-12-17-18(20)6-5-7-19(17)24-3/h5-12,15H,4,13H2,1-3H3/b21-12+. The first-order valence-corrected chi connectivity index (χ1v) is 9.76. The number of rotatable bonds is 9. The van der Waals surface area contributed by atoms with Gasteiger partial charge in [0.05, 0.1) is 23.8 Å². The van der Waals surface area contributed by atoms with Crippen LogP contribution < -0.4 is 4.74 Å². The molecule has 0 radical (unpaired) electrons. The van der Waals surface area contributed by atoms with E-state index in [0.717, 1.165) is 5.56 Å². The average Bonchev–Trinajstić information content (AvgIpc) is 2.65. The molecule has 0 amide bonds. The average molecular weight is 395 g/mol. The number of hydrogen-bond donors (Lipinski definition) is 0. The van der Waals surface area contributed by atoms with E-state index >= 15 is 0 Å². The summed E-state index contributed by atoms with van der Waals surface area (Å²) in [6.45, 7) is 3.45. The summed E-state index contributed by atoms with van der Waals surface area (Å²) in [6.07, 6.45) is 1.03. The van der Waals surface area contributed by atoms with Crippen LogP contribution in [0.5, 0.6) is 5.75 Å². The first-order valence-electron chi connectivity index (χ1n) is 8.35. The van der Waals surface area contributed by atoms with Crippen molar-refractivity contribution >= 4 is 16.3 Å². The smallest absolute Gasteiger partial charge is 0.297 e. The van der Waals surface area contributed by atoms with Crippen molar-refractivity contribution in [3.63, 3.8) is 0 Å². The Morgan fingerprint density at radius 2 is 1.89 bits per heavy atom. The Labute approximate surface area is 158 Å². The van der Waals surface area contributed by atoms with E-state index in [1.807, 2.05) is 6.92 Å². The Morgan fingerprint density at radius 1 is 1.19 bits per heavy atom. The van der Waals surface area contributed by atoms with E-state index < -0.39 is 22.0 Å². The summed E-state index contributed by atoms with van der Waals surface area (Å²) in [5.74, 6) is -0.193. The Hall–Kier alpha value is -2.45. The third-order valence-corrected chi connectivity index (χ3v) is 5.09. The maximum atomic E-state index is 13.8. The molecule has 1 atom stereocenters. The van der Waals surface area contributed by atoms with Gasteiger partial charge in [-0.25, -0.2) is 4.39 Å². The van der Waals surface area contributed by atoms with Gasteiger partial charge >= 0.3 is 0 Å². The van der Waals surface area contributed by atoms with Crippen molar-refractivity contribution < 1.29 is 26.6 Å². The van der Waals surface area contributed by atoms with Crippen molar-refractivity contribution in [2.45, 2.75) is 31.3 Å². The lowest BCUT2D eigenvalue weighted by atomic mass is 10.2. The lowest BCUT2D eigenvalue weighted by Crippen LogP contribution is -2.20. The summed E-state index contributed by atoms with van der Waals surface area (Å²) >= 11 is 0. The molecule has 27 heavy (non-hydrogen) atoms. The Morgan fingerprint density at radius 3 is 2.52 bits per heavy atom. The minimum Gasteiger partial charge on any atom is -0.496 e. The van der Waals surface area contributed by atoms with E-state index in [-0.39, 0.29) is 17.1 Å². The van der Waals surface area contributed by atoms with Gasteiger partial charge in [-0.05, 0) is 37.6 Å². The fourth-order valence-electron chi connectivity index (χ4n) is 2.15. The Bertz CT molecular complexity index is 881. The molecule has 2 rings (SSSR count). The summed E-state index contributed by atoms with van der Waals surface area (Å²) in [5, 5.41) is 3.75. The van der Waals surface area contributed by atoms with Gasteiger partial charge in [-0.1, -0.05) is 35.8 Å². The molecule has 2 aromatic rings. The molecule has 0 saturated heterocycles. The molecule has 0 N–H and O–H groups in total. The van der Waals surface area contributed by atoms with Crippen LogP contribution in [0.2, 0.25) is 0 Å². The van der Waals surface area contributed by atoms with Crippen LogP contribution in [0.4, 0.5) is 4.39 Å². The van der Waals surface area contributed by atoms with Crippen LogP contribution in [-0.4, -0.2) is 34.5 Å². The highest BCUT2D eigenvalue weighted by Gasteiger charge is 2.18. The first-order chi connectivity index (χ1) is 12.9. The van der Waals surface area contributed by atoms with Crippen LogP contribution in [0, 0.1) is 12.7 Å². The molecular weight excluding hydrogens is 373 g/mol. The van der Waals surface area contributed by atoms with Crippen molar-refractivity contribution in [3.8, 4) is 5.75 Å². The van der Waals surface area contributed by atoms with Crippen molar-refractivity contribution in [1.29, 1.82) is 0 Å². The van der Waals surface area contributed by atoms with Gasteiger partial charge in [0.1, 0.15) is 18.2 Å². The third-order valence-electron chi connectivity index (χ3n) is 3.80. The number of aryl methyl sites for hydroxylation is 1. The van der Waals surface area contributed by atoms with Gasteiger partial charge in [-0.2, -0.15) is 8.42 Å². The van der Waals surface area contributed by atoms with Gasteiger partial charge in [-0.3, -0.25) is 4.18 Å². The second kappa shape index (κ2) is 9.48. The fourth-order valence-corrected chi connectivity index (χ4v) is 3.09. The van der Waals surface area contributed by atoms with E-state index in [0.29, 0.717) is 12.2 Å². The largest absolute Gasteiger partial charge is 0.496 e. The molecular formula is C19H22FNO5S. The second-order valence-corrected chi connectivity index (χ2v) is 7.39. The van der Waals surface area contributed by atoms with E-state index in [4.69, 9.17) is 13.8 Å². The molecule has 146 valence electrons. The van der Waals surface area contributed by atoms with E-state index in [1.165, 1.54) is 37.6 Å². The molecule has 0 aliphatic carbocycles. The van der Waals surface area contributed by atoms with Crippen LogP contribution >= 0.6 is 0 Å². The SMILES string of the molecule is CCC(COS(=O)(=O)c1ccc(C)cc1)O/N=C/c1c(F)cccc1OC. The van der Waals surface area contributed by atoms with Gasteiger partial charge in [0.25, 0.3) is 10.1 Å². The summed E-state index contributed by atoms with van der Waals surface area (Å²) < 4.78 is 48.4. The van der Waals surface area contributed by atoms with Gasteiger partial charge in [-0.15, -0.1) is 0 Å². The van der Waals surface area contributed by atoms with Gasteiger partial charge in [0.2, 0.25) is 0 Å². The molecule has 0 bridgehead atoms. The van der Waals surface area contributed by atoms with Crippen LogP contribution in [0.25, 0.3) is 0 Å². The molecule has 0 aliphatic heterocycles. The highest BCUT2D eigenvalue weighted by Crippen LogP contribution is 2.19. The summed E-state index contributed by atoms with van der Waals surface area (Å²) in [4.78, 5) is 5.33. The number of oxime groups is 1. The van der Waals surface area contributed by atoms with E-state index in [2.05, 4.69) is 5.16 Å². The highest BCUT2D eigenvalue weighted by molar-refractivity contribution is 7.86. The van der Waals surface area contributed by atoms with Crippen LogP contribution in [0.1, 0.15) is 24.5 Å². The molecule has 0 saturated carbocycles. The Balaban J connectivity index is 1.99. The van der Waals surface area contributed by atoms with Crippen LogP contribution in [-0.2, 0) is 19.1 Å². The van der Waals surface area contributed by atoms with Crippen molar-refractivity contribution in [2.75, 3.05) is 13.7 Å². The minimum absolute atomic E-state index is 0.0718. The highest BCUT2D eigenvalue weighted by atomic mass is 32.2. The Kier molecular flexibility index (Phi) is 7.32. The normalized spacial score (nSPS) is 12.9. The van der Waals surface area contributed by atoms with E-state index in [1.54, 1.807) is 25.1 Å². The second-order valence-electron chi connectivity index (χ2n) is 5.78. The number of benzene rings is 2. The topological polar surface area (TPSA) is 74.2 Å². The first kappa shape index (κ1) is 20.9. The van der Waals surface area contributed by atoms with Crippen LogP contribution in [0.15, 0.2) is 52.5 Å². The molecule has 2 aromatic carbocycles. The third kappa shape index (κ3) is 5.77. The summed E-state index contributed by atoms with van der Waals surface area (Å²) in [7, 11) is -2.47. The zero-order chi connectivity index (χ0) is 19.9. The predicted molar refractivity (Wildman–Crippen MR) is 100 cm³/mol.